The zero-order chi connectivity index (χ0) is 24.3. The standard InChI is InChI=1S/C23H29N5O5/c1-7-27-21-20(22(30)28(8-2)23(27)31)26(5)18(24-21)12-10-15-9-11-16(17(13-15)32-6)33-14-19(29)25(3)4/h9-13H,7-8,14H2,1-6H3. The highest BCUT2D eigenvalue weighted by Crippen LogP contribution is 2.29. The minimum absolute atomic E-state index is 0.0905. The third-order valence-electron chi connectivity index (χ3n) is 5.37. The Morgan fingerprint density at radius 2 is 1.79 bits per heavy atom. The number of methoxy groups -OCH3 is 1. The molecule has 33 heavy (non-hydrogen) atoms. The van der Waals surface area contributed by atoms with Crippen LogP contribution in [0.5, 0.6) is 11.5 Å². The molecule has 0 fully saturated rings. The molecule has 0 bridgehead atoms. The molecule has 0 N–H and O–H groups in total. The monoisotopic (exact) mass is 455 g/mol. The van der Waals surface area contributed by atoms with Gasteiger partial charge in [-0.2, -0.15) is 0 Å². The molecular formula is C23H29N5O5. The molecule has 10 nitrogen and oxygen atoms in total. The van der Waals surface area contributed by atoms with Crippen molar-refractivity contribution in [2.75, 3.05) is 27.8 Å². The molecule has 0 saturated heterocycles. The summed E-state index contributed by atoms with van der Waals surface area (Å²) in [5.74, 6) is 1.32. The molecule has 0 spiro atoms. The molecule has 2 aromatic heterocycles. The molecule has 0 aliphatic rings. The molecule has 1 amide bonds. The third-order valence-corrected chi connectivity index (χ3v) is 5.37. The van der Waals surface area contributed by atoms with Crippen molar-refractivity contribution in [2.45, 2.75) is 26.9 Å². The second-order valence-electron chi connectivity index (χ2n) is 7.60. The smallest absolute Gasteiger partial charge is 0.332 e. The lowest BCUT2D eigenvalue weighted by molar-refractivity contribution is -0.130. The van der Waals surface area contributed by atoms with Gasteiger partial charge in [0.25, 0.3) is 11.5 Å². The van der Waals surface area contributed by atoms with E-state index in [1.807, 2.05) is 19.1 Å². The first-order valence-electron chi connectivity index (χ1n) is 10.6. The van der Waals surface area contributed by atoms with Crippen LogP contribution in [0.4, 0.5) is 0 Å². The molecule has 0 atom stereocenters. The van der Waals surface area contributed by atoms with Crippen molar-refractivity contribution >= 4 is 29.2 Å². The van der Waals surface area contributed by atoms with Crippen molar-refractivity contribution in [3.63, 3.8) is 0 Å². The number of ether oxygens (including phenoxy) is 2. The largest absolute Gasteiger partial charge is 0.493 e. The number of likely N-dealkylation sites (N-methyl/N-ethyl adjacent to an activating group) is 1. The first-order valence-corrected chi connectivity index (χ1v) is 10.6. The summed E-state index contributed by atoms with van der Waals surface area (Å²) < 4.78 is 15.4. The van der Waals surface area contributed by atoms with Gasteiger partial charge in [0, 0.05) is 34.2 Å². The van der Waals surface area contributed by atoms with Gasteiger partial charge < -0.3 is 18.9 Å². The average molecular weight is 456 g/mol. The second-order valence-corrected chi connectivity index (χ2v) is 7.60. The molecule has 176 valence electrons. The van der Waals surface area contributed by atoms with Gasteiger partial charge in [0.15, 0.2) is 29.3 Å². The zero-order valence-electron chi connectivity index (χ0n) is 19.8. The molecule has 0 aliphatic carbocycles. The first-order chi connectivity index (χ1) is 15.7. The number of carbonyl (C=O) groups is 1. The Kier molecular flexibility index (Phi) is 7.05. The second kappa shape index (κ2) is 9.76. The number of aromatic nitrogens is 4. The van der Waals surface area contributed by atoms with E-state index in [4.69, 9.17) is 9.47 Å². The Labute approximate surface area is 191 Å². The summed E-state index contributed by atoms with van der Waals surface area (Å²) in [6.45, 7) is 4.22. The maximum absolute atomic E-state index is 12.8. The number of carbonyl (C=O) groups excluding carboxylic acids is 1. The molecule has 2 heterocycles. The number of imidazole rings is 1. The highest BCUT2D eigenvalue weighted by molar-refractivity contribution is 5.78. The fourth-order valence-corrected chi connectivity index (χ4v) is 3.44. The van der Waals surface area contributed by atoms with E-state index >= 15 is 0 Å². The summed E-state index contributed by atoms with van der Waals surface area (Å²) in [4.78, 5) is 43.2. The van der Waals surface area contributed by atoms with Crippen LogP contribution in [0.2, 0.25) is 0 Å². The van der Waals surface area contributed by atoms with E-state index < -0.39 is 0 Å². The quantitative estimate of drug-likeness (QED) is 0.511. The summed E-state index contributed by atoms with van der Waals surface area (Å²) >= 11 is 0. The lowest BCUT2D eigenvalue weighted by atomic mass is 10.2. The predicted octanol–water partition coefficient (Wildman–Crippen LogP) is 1.58. The van der Waals surface area contributed by atoms with Crippen LogP contribution in [0, 0.1) is 0 Å². The van der Waals surface area contributed by atoms with Crippen LogP contribution in [0.15, 0.2) is 27.8 Å². The molecular weight excluding hydrogens is 426 g/mol. The van der Waals surface area contributed by atoms with E-state index in [0.29, 0.717) is 35.0 Å². The van der Waals surface area contributed by atoms with Gasteiger partial charge in [-0.3, -0.25) is 18.7 Å². The van der Waals surface area contributed by atoms with E-state index in [-0.39, 0.29) is 30.3 Å². The Morgan fingerprint density at radius 3 is 2.39 bits per heavy atom. The highest BCUT2D eigenvalue weighted by atomic mass is 16.5. The van der Waals surface area contributed by atoms with Crippen LogP contribution in [0.1, 0.15) is 25.2 Å². The molecule has 10 heteroatoms. The topological polar surface area (TPSA) is 101 Å². The third kappa shape index (κ3) is 4.55. The van der Waals surface area contributed by atoms with Crippen molar-refractivity contribution in [1.29, 1.82) is 0 Å². The summed E-state index contributed by atoms with van der Waals surface area (Å²) in [5, 5.41) is 0. The number of amides is 1. The van der Waals surface area contributed by atoms with Crippen molar-refractivity contribution in [3.05, 3.63) is 50.4 Å². The van der Waals surface area contributed by atoms with E-state index in [9.17, 15) is 14.4 Å². The molecule has 0 aliphatic heterocycles. The number of nitrogens with zero attached hydrogens (tertiary/aromatic N) is 5. The van der Waals surface area contributed by atoms with Gasteiger partial charge >= 0.3 is 5.69 Å². The lowest BCUT2D eigenvalue weighted by Gasteiger charge is -2.13. The van der Waals surface area contributed by atoms with Crippen molar-refractivity contribution < 1.29 is 14.3 Å². The number of aryl methyl sites for hydroxylation is 2. The number of benzene rings is 1. The number of hydrogen-bond donors (Lipinski definition) is 0. The van der Waals surface area contributed by atoms with Crippen LogP contribution in [-0.4, -0.2) is 57.3 Å². The van der Waals surface area contributed by atoms with Gasteiger partial charge in [-0.25, -0.2) is 9.78 Å². The molecule has 0 unspecified atom stereocenters. The first kappa shape index (κ1) is 23.8. The Bertz CT molecular complexity index is 1330. The van der Waals surface area contributed by atoms with Gasteiger partial charge in [-0.15, -0.1) is 0 Å². The van der Waals surface area contributed by atoms with Crippen LogP contribution < -0.4 is 20.7 Å². The summed E-state index contributed by atoms with van der Waals surface area (Å²) in [5.41, 5.74) is 0.839. The van der Waals surface area contributed by atoms with Gasteiger partial charge in [0.05, 0.1) is 7.11 Å². The molecule has 3 rings (SSSR count). The van der Waals surface area contributed by atoms with Crippen LogP contribution in [-0.2, 0) is 24.9 Å². The van der Waals surface area contributed by atoms with E-state index in [2.05, 4.69) is 4.98 Å². The maximum atomic E-state index is 12.8. The SMILES string of the molecule is CCn1c(=O)c2c(nc(C=Cc3ccc(OCC(=O)N(C)C)c(OC)c3)n2C)n(CC)c1=O. The number of fused-ring (bicyclic) bond motifs is 1. The molecule has 1 aromatic carbocycles. The van der Waals surface area contributed by atoms with Crippen LogP contribution >= 0.6 is 0 Å². The minimum atomic E-state index is -0.362. The molecule has 0 saturated carbocycles. The zero-order valence-corrected chi connectivity index (χ0v) is 19.8. The molecule has 3 aromatic rings. The summed E-state index contributed by atoms with van der Waals surface area (Å²) in [7, 11) is 6.60. The lowest BCUT2D eigenvalue weighted by Crippen LogP contribution is -2.39. The van der Waals surface area contributed by atoms with Gasteiger partial charge in [-0.05, 0) is 37.6 Å². The van der Waals surface area contributed by atoms with E-state index in [1.165, 1.54) is 21.1 Å². The van der Waals surface area contributed by atoms with Crippen LogP contribution in [0.3, 0.4) is 0 Å². The predicted molar refractivity (Wildman–Crippen MR) is 127 cm³/mol. The van der Waals surface area contributed by atoms with Crippen molar-refractivity contribution in [1.82, 2.24) is 23.6 Å². The summed E-state index contributed by atoms with van der Waals surface area (Å²) in [6.07, 6.45) is 3.59. The van der Waals surface area contributed by atoms with Crippen molar-refractivity contribution in [3.8, 4) is 11.5 Å². The number of rotatable bonds is 8. The Balaban J connectivity index is 1.97. The van der Waals surface area contributed by atoms with Gasteiger partial charge in [-0.1, -0.05) is 12.1 Å². The van der Waals surface area contributed by atoms with E-state index in [1.54, 1.807) is 50.8 Å². The Morgan fingerprint density at radius 1 is 1.09 bits per heavy atom. The van der Waals surface area contributed by atoms with Gasteiger partial charge in [0.1, 0.15) is 5.82 Å². The number of hydrogen-bond acceptors (Lipinski definition) is 6. The highest BCUT2D eigenvalue weighted by Gasteiger charge is 2.18. The normalized spacial score (nSPS) is 11.3. The molecule has 0 radical (unpaired) electrons. The van der Waals surface area contributed by atoms with E-state index in [0.717, 1.165) is 5.56 Å². The van der Waals surface area contributed by atoms with Gasteiger partial charge in [0.2, 0.25) is 0 Å². The maximum Gasteiger partial charge on any atom is 0.332 e. The average Bonchev–Trinajstić information content (AvgIpc) is 3.12. The fraction of sp³-hybridized carbons (Fsp3) is 0.391. The fourth-order valence-electron chi connectivity index (χ4n) is 3.44. The minimum Gasteiger partial charge on any atom is -0.493 e. The summed E-state index contributed by atoms with van der Waals surface area (Å²) in [6, 6.07) is 5.33. The van der Waals surface area contributed by atoms with Crippen molar-refractivity contribution in [2.24, 2.45) is 7.05 Å². The van der Waals surface area contributed by atoms with Crippen LogP contribution in [0.25, 0.3) is 23.3 Å². The Hall–Kier alpha value is -3.82.